The van der Waals surface area contributed by atoms with Gasteiger partial charge in [-0.3, -0.25) is 9.59 Å². The Labute approximate surface area is 132 Å². The molecule has 0 N–H and O–H groups in total. The Hall–Kier alpha value is -2.04. The lowest BCUT2D eigenvalue weighted by Crippen LogP contribution is -2.35. The summed E-state index contributed by atoms with van der Waals surface area (Å²) in [5.74, 6) is 0.576. The third-order valence-electron chi connectivity index (χ3n) is 3.58. The highest BCUT2D eigenvalue weighted by Crippen LogP contribution is 2.27. The van der Waals surface area contributed by atoms with Crippen molar-refractivity contribution in [1.82, 2.24) is 4.90 Å². The summed E-state index contributed by atoms with van der Waals surface area (Å²) in [6.07, 6.45) is 2.35. The highest BCUT2D eigenvalue weighted by molar-refractivity contribution is 5.93. The Morgan fingerprint density at radius 1 is 1.18 bits per heavy atom. The first-order chi connectivity index (χ1) is 10.5. The Morgan fingerprint density at radius 3 is 2.45 bits per heavy atom. The molecule has 0 bridgehead atoms. The van der Waals surface area contributed by atoms with E-state index in [4.69, 9.17) is 4.74 Å². The van der Waals surface area contributed by atoms with Crippen molar-refractivity contribution in [3.8, 4) is 5.75 Å². The number of anilines is 1. The second kappa shape index (κ2) is 9.07. The summed E-state index contributed by atoms with van der Waals surface area (Å²) in [5, 5.41) is 0. The van der Waals surface area contributed by atoms with Gasteiger partial charge in [-0.25, -0.2) is 0 Å². The fourth-order valence-electron chi connectivity index (χ4n) is 2.22. The van der Waals surface area contributed by atoms with Crippen molar-refractivity contribution in [2.45, 2.75) is 33.1 Å². The Morgan fingerprint density at radius 2 is 1.86 bits per heavy atom. The molecule has 0 spiro atoms. The normalized spacial score (nSPS) is 10.2. The number of unbranched alkanes of at least 4 members (excludes halogenated alkanes) is 1. The predicted molar refractivity (Wildman–Crippen MR) is 88.2 cm³/mol. The van der Waals surface area contributed by atoms with Crippen LogP contribution in [0.15, 0.2) is 24.3 Å². The van der Waals surface area contributed by atoms with Gasteiger partial charge in [0, 0.05) is 33.5 Å². The molecule has 0 saturated carbocycles. The number of methoxy groups -OCH3 is 1. The topological polar surface area (TPSA) is 49.9 Å². The van der Waals surface area contributed by atoms with Crippen LogP contribution in [0.1, 0.15) is 33.1 Å². The summed E-state index contributed by atoms with van der Waals surface area (Å²) in [7, 11) is 3.38. The van der Waals surface area contributed by atoms with E-state index in [-0.39, 0.29) is 11.8 Å². The first kappa shape index (κ1) is 18.0. The van der Waals surface area contributed by atoms with Crippen LogP contribution in [0.3, 0.4) is 0 Å². The van der Waals surface area contributed by atoms with Crippen LogP contribution in [-0.2, 0) is 9.59 Å². The van der Waals surface area contributed by atoms with Crippen LogP contribution < -0.4 is 9.64 Å². The lowest BCUT2D eigenvalue weighted by atomic mass is 10.2. The minimum absolute atomic E-state index is 0.0506. The van der Waals surface area contributed by atoms with Gasteiger partial charge in [-0.15, -0.1) is 0 Å². The molecular formula is C17H26N2O3. The number of hydrogen-bond donors (Lipinski definition) is 0. The van der Waals surface area contributed by atoms with Crippen LogP contribution in [0.5, 0.6) is 5.75 Å². The largest absolute Gasteiger partial charge is 0.495 e. The monoisotopic (exact) mass is 306 g/mol. The summed E-state index contributed by atoms with van der Waals surface area (Å²) in [5.41, 5.74) is 0.696. The number of nitrogens with zero attached hydrogens (tertiary/aromatic N) is 2. The zero-order chi connectivity index (χ0) is 16.5. The third-order valence-corrected chi connectivity index (χ3v) is 3.58. The minimum atomic E-state index is -0.103. The summed E-state index contributed by atoms with van der Waals surface area (Å²) >= 11 is 0. The van der Waals surface area contributed by atoms with Crippen molar-refractivity contribution in [3.05, 3.63) is 24.3 Å². The number of para-hydroxylation sites is 2. The Kier molecular flexibility index (Phi) is 7.43. The number of carbonyl (C=O) groups excluding carboxylic acids is 2. The standard InChI is InChI=1S/C17H26N2O3/c1-5-6-12-18(3)17(21)11-13-19(14(2)20)15-9-7-8-10-16(15)22-4/h7-10H,5-6,11-13H2,1-4H3. The van der Waals surface area contributed by atoms with Gasteiger partial charge in [0.1, 0.15) is 5.75 Å². The van der Waals surface area contributed by atoms with E-state index >= 15 is 0 Å². The van der Waals surface area contributed by atoms with Crippen molar-refractivity contribution in [1.29, 1.82) is 0 Å². The predicted octanol–water partition coefficient (Wildman–Crippen LogP) is 2.70. The van der Waals surface area contributed by atoms with Crippen molar-refractivity contribution < 1.29 is 14.3 Å². The van der Waals surface area contributed by atoms with Crippen molar-refractivity contribution in [2.24, 2.45) is 0 Å². The fourth-order valence-corrected chi connectivity index (χ4v) is 2.22. The SMILES string of the molecule is CCCCN(C)C(=O)CCN(C(C)=O)c1ccccc1OC. The van der Waals surface area contributed by atoms with Crippen LogP contribution in [0, 0.1) is 0 Å². The molecule has 5 nitrogen and oxygen atoms in total. The average molecular weight is 306 g/mol. The zero-order valence-corrected chi connectivity index (χ0v) is 14.0. The second-order valence-electron chi connectivity index (χ2n) is 5.26. The molecule has 1 aromatic rings. The molecule has 22 heavy (non-hydrogen) atoms. The van der Waals surface area contributed by atoms with E-state index in [1.165, 1.54) is 6.92 Å². The molecule has 0 aromatic heterocycles. The van der Waals surface area contributed by atoms with Gasteiger partial charge in [0.25, 0.3) is 0 Å². The van der Waals surface area contributed by atoms with E-state index in [2.05, 4.69) is 6.92 Å². The molecule has 0 aliphatic heterocycles. The molecule has 2 amide bonds. The molecule has 1 aromatic carbocycles. The molecule has 0 aliphatic rings. The van der Waals surface area contributed by atoms with Crippen molar-refractivity contribution in [3.63, 3.8) is 0 Å². The summed E-state index contributed by atoms with van der Waals surface area (Å²) in [6.45, 7) is 4.70. The smallest absolute Gasteiger partial charge is 0.224 e. The van der Waals surface area contributed by atoms with E-state index in [1.54, 1.807) is 30.0 Å². The van der Waals surface area contributed by atoms with Gasteiger partial charge in [0.05, 0.1) is 12.8 Å². The highest BCUT2D eigenvalue weighted by Gasteiger charge is 2.18. The van der Waals surface area contributed by atoms with Gasteiger partial charge in [-0.05, 0) is 18.6 Å². The quantitative estimate of drug-likeness (QED) is 0.742. The molecule has 1 rings (SSSR count). The van der Waals surface area contributed by atoms with Crippen LogP contribution in [-0.4, -0.2) is 44.0 Å². The molecule has 0 atom stereocenters. The summed E-state index contributed by atoms with van der Waals surface area (Å²) in [6, 6.07) is 7.33. The van der Waals surface area contributed by atoms with E-state index in [0.717, 1.165) is 19.4 Å². The average Bonchev–Trinajstić information content (AvgIpc) is 2.52. The maximum Gasteiger partial charge on any atom is 0.224 e. The Bertz CT molecular complexity index is 502. The molecule has 0 unspecified atom stereocenters. The number of amides is 2. The summed E-state index contributed by atoms with van der Waals surface area (Å²) < 4.78 is 5.29. The van der Waals surface area contributed by atoms with Crippen LogP contribution in [0.4, 0.5) is 5.69 Å². The number of carbonyl (C=O) groups is 2. The lowest BCUT2D eigenvalue weighted by molar-refractivity contribution is -0.129. The number of hydrogen-bond acceptors (Lipinski definition) is 3. The van der Waals surface area contributed by atoms with Gasteiger partial charge in [-0.2, -0.15) is 0 Å². The van der Waals surface area contributed by atoms with Crippen molar-refractivity contribution >= 4 is 17.5 Å². The molecule has 122 valence electrons. The number of ether oxygens (including phenoxy) is 1. The van der Waals surface area contributed by atoms with Gasteiger partial charge >= 0.3 is 0 Å². The lowest BCUT2D eigenvalue weighted by Gasteiger charge is -2.24. The van der Waals surface area contributed by atoms with E-state index in [9.17, 15) is 9.59 Å². The molecule has 0 aliphatic carbocycles. The van der Waals surface area contributed by atoms with Gasteiger partial charge in [0.2, 0.25) is 11.8 Å². The fraction of sp³-hybridized carbons (Fsp3) is 0.529. The molecule has 0 heterocycles. The van der Waals surface area contributed by atoms with Gasteiger partial charge < -0.3 is 14.5 Å². The van der Waals surface area contributed by atoms with E-state index in [1.807, 2.05) is 18.2 Å². The molecule has 5 heteroatoms. The highest BCUT2D eigenvalue weighted by atomic mass is 16.5. The third kappa shape index (κ3) is 5.06. The molecule has 0 radical (unpaired) electrons. The minimum Gasteiger partial charge on any atom is -0.495 e. The first-order valence-electron chi connectivity index (χ1n) is 7.66. The van der Waals surface area contributed by atoms with Crippen LogP contribution in [0.25, 0.3) is 0 Å². The second-order valence-corrected chi connectivity index (χ2v) is 5.26. The van der Waals surface area contributed by atoms with E-state index < -0.39 is 0 Å². The maximum atomic E-state index is 12.1. The van der Waals surface area contributed by atoms with Crippen LogP contribution in [0.2, 0.25) is 0 Å². The molecular weight excluding hydrogens is 280 g/mol. The molecule has 0 fully saturated rings. The van der Waals surface area contributed by atoms with Crippen molar-refractivity contribution in [2.75, 3.05) is 32.1 Å². The van der Waals surface area contributed by atoms with Gasteiger partial charge in [0.15, 0.2) is 0 Å². The molecule has 0 saturated heterocycles. The van der Waals surface area contributed by atoms with Gasteiger partial charge in [-0.1, -0.05) is 25.5 Å². The van der Waals surface area contributed by atoms with Crippen LogP contribution >= 0.6 is 0 Å². The zero-order valence-electron chi connectivity index (χ0n) is 14.0. The summed E-state index contributed by atoms with van der Waals surface area (Å²) in [4.78, 5) is 27.3. The maximum absolute atomic E-state index is 12.1. The van der Waals surface area contributed by atoms with E-state index in [0.29, 0.717) is 24.4 Å². The number of benzene rings is 1. The number of rotatable bonds is 8. The first-order valence-corrected chi connectivity index (χ1v) is 7.66. The Balaban J connectivity index is 2.73.